The normalized spacial score (nSPS) is 23.2. The number of hydrogen-bond donors (Lipinski definition) is 1. The molecule has 5 nitrogen and oxygen atoms in total. The van der Waals surface area contributed by atoms with Gasteiger partial charge in [-0.15, -0.1) is 0 Å². The molecule has 0 spiro atoms. The van der Waals surface area contributed by atoms with Crippen molar-refractivity contribution in [1.29, 1.82) is 0 Å². The minimum atomic E-state index is -0.715. The summed E-state index contributed by atoms with van der Waals surface area (Å²) in [4.78, 5) is 13.6. The van der Waals surface area contributed by atoms with E-state index in [0.29, 0.717) is 11.8 Å². The second kappa shape index (κ2) is 7.19. The zero-order chi connectivity index (χ0) is 18.9. The van der Waals surface area contributed by atoms with Crippen LogP contribution in [-0.4, -0.2) is 29.7 Å². The Morgan fingerprint density at radius 2 is 1.96 bits per heavy atom. The van der Waals surface area contributed by atoms with E-state index in [0.717, 1.165) is 54.9 Å². The van der Waals surface area contributed by atoms with Crippen LogP contribution in [0.25, 0.3) is 11.1 Å². The monoisotopic (exact) mass is 366 g/mol. The lowest BCUT2D eigenvalue weighted by Gasteiger charge is -2.31. The standard InChI is InChI=1S/C21H23FN4O/c1-14-20(23)26-21(25-14,11-15-5-7-27-8-6-15)18-4-2-3-16(9-18)17-10-19(22)13-24-12-17/h2-4,9-10,12-13,15H,5-8,11H2,1H3,(H2,23,26). The van der Waals surface area contributed by atoms with Crippen LogP contribution in [0.4, 0.5) is 4.39 Å². The molecule has 2 aliphatic heterocycles. The first kappa shape index (κ1) is 17.8. The van der Waals surface area contributed by atoms with Crippen LogP contribution in [0.2, 0.25) is 0 Å². The molecule has 27 heavy (non-hydrogen) atoms. The maximum absolute atomic E-state index is 13.6. The van der Waals surface area contributed by atoms with Crippen molar-refractivity contribution in [2.24, 2.45) is 21.6 Å². The second-order valence-corrected chi connectivity index (χ2v) is 7.24. The van der Waals surface area contributed by atoms with E-state index in [1.54, 1.807) is 6.20 Å². The summed E-state index contributed by atoms with van der Waals surface area (Å²) < 4.78 is 19.1. The molecule has 0 aliphatic carbocycles. The summed E-state index contributed by atoms with van der Waals surface area (Å²) in [6.07, 6.45) is 5.65. The van der Waals surface area contributed by atoms with Crippen LogP contribution < -0.4 is 5.73 Å². The van der Waals surface area contributed by atoms with Crippen molar-refractivity contribution in [3.05, 3.63) is 54.1 Å². The number of nitrogens with two attached hydrogens (primary N) is 1. The van der Waals surface area contributed by atoms with Gasteiger partial charge in [0.05, 0.1) is 11.9 Å². The third kappa shape index (κ3) is 3.62. The molecule has 1 aromatic carbocycles. The molecule has 1 unspecified atom stereocenters. The lowest BCUT2D eigenvalue weighted by Crippen LogP contribution is -2.27. The van der Waals surface area contributed by atoms with Gasteiger partial charge in [0.15, 0.2) is 5.66 Å². The Morgan fingerprint density at radius 3 is 2.67 bits per heavy atom. The number of pyridine rings is 1. The Balaban J connectivity index is 1.74. The van der Waals surface area contributed by atoms with Crippen LogP contribution in [0.1, 0.15) is 31.7 Å². The van der Waals surface area contributed by atoms with Crippen molar-refractivity contribution < 1.29 is 9.13 Å². The number of ether oxygens (including phenoxy) is 1. The predicted molar refractivity (Wildman–Crippen MR) is 104 cm³/mol. The van der Waals surface area contributed by atoms with Crippen molar-refractivity contribution in [2.45, 2.75) is 31.8 Å². The van der Waals surface area contributed by atoms with E-state index in [4.69, 9.17) is 20.5 Å². The minimum absolute atomic E-state index is 0.355. The molecule has 1 aromatic heterocycles. The van der Waals surface area contributed by atoms with Crippen LogP contribution in [0.15, 0.2) is 52.7 Å². The average molecular weight is 366 g/mol. The van der Waals surface area contributed by atoms with E-state index >= 15 is 0 Å². The van der Waals surface area contributed by atoms with E-state index in [-0.39, 0.29) is 5.82 Å². The van der Waals surface area contributed by atoms with Crippen molar-refractivity contribution >= 4 is 11.5 Å². The lowest BCUT2D eigenvalue weighted by atomic mass is 9.84. The van der Waals surface area contributed by atoms with Crippen molar-refractivity contribution in [3.8, 4) is 11.1 Å². The van der Waals surface area contributed by atoms with E-state index in [1.165, 1.54) is 12.3 Å². The van der Waals surface area contributed by atoms with Gasteiger partial charge in [0.1, 0.15) is 11.7 Å². The van der Waals surface area contributed by atoms with Gasteiger partial charge in [-0.1, -0.05) is 18.2 Å². The number of aliphatic imine (C=N–C) groups is 2. The topological polar surface area (TPSA) is 72.9 Å². The van der Waals surface area contributed by atoms with Gasteiger partial charge in [-0.25, -0.2) is 9.38 Å². The molecular weight excluding hydrogens is 343 g/mol. The summed E-state index contributed by atoms with van der Waals surface area (Å²) in [6.45, 7) is 3.44. The highest BCUT2D eigenvalue weighted by Crippen LogP contribution is 2.41. The first-order valence-corrected chi connectivity index (χ1v) is 9.27. The van der Waals surface area contributed by atoms with E-state index in [2.05, 4.69) is 4.98 Å². The predicted octanol–water partition coefficient (Wildman–Crippen LogP) is 3.69. The molecule has 2 aromatic rings. The number of hydrogen-bond acceptors (Lipinski definition) is 5. The molecule has 4 rings (SSSR count). The summed E-state index contributed by atoms with van der Waals surface area (Å²) in [7, 11) is 0. The van der Waals surface area contributed by atoms with Crippen LogP contribution in [0.3, 0.4) is 0 Å². The van der Waals surface area contributed by atoms with Gasteiger partial charge in [-0.05, 0) is 43.4 Å². The Bertz CT molecular complexity index is 885. The van der Waals surface area contributed by atoms with Crippen LogP contribution in [0, 0.1) is 11.7 Å². The number of nitrogens with zero attached hydrogens (tertiary/aromatic N) is 3. The second-order valence-electron chi connectivity index (χ2n) is 7.24. The van der Waals surface area contributed by atoms with Crippen molar-refractivity contribution in [1.82, 2.24) is 4.98 Å². The molecule has 2 aliphatic rings. The van der Waals surface area contributed by atoms with Gasteiger partial charge >= 0.3 is 0 Å². The van der Waals surface area contributed by atoms with Crippen LogP contribution in [0.5, 0.6) is 0 Å². The first-order valence-electron chi connectivity index (χ1n) is 9.27. The Kier molecular flexibility index (Phi) is 4.74. The first-order chi connectivity index (χ1) is 13.1. The van der Waals surface area contributed by atoms with Gasteiger partial charge in [0.2, 0.25) is 0 Å². The van der Waals surface area contributed by atoms with Crippen molar-refractivity contribution in [2.75, 3.05) is 13.2 Å². The van der Waals surface area contributed by atoms with Gasteiger partial charge in [-0.2, -0.15) is 0 Å². The molecule has 0 radical (unpaired) electrons. The fourth-order valence-corrected chi connectivity index (χ4v) is 3.85. The molecule has 140 valence electrons. The zero-order valence-corrected chi connectivity index (χ0v) is 15.4. The molecule has 6 heteroatoms. The third-order valence-electron chi connectivity index (χ3n) is 5.31. The fourth-order valence-electron chi connectivity index (χ4n) is 3.85. The summed E-state index contributed by atoms with van der Waals surface area (Å²) in [6, 6.07) is 9.43. The zero-order valence-electron chi connectivity index (χ0n) is 15.4. The molecule has 1 saturated heterocycles. The summed E-state index contributed by atoms with van der Waals surface area (Å²) >= 11 is 0. The third-order valence-corrected chi connectivity index (χ3v) is 5.31. The number of benzene rings is 1. The molecule has 0 bridgehead atoms. The molecular formula is C21H23FN4O. The van der Waals surface area contributed by atoms with Crippen LogP contribution in [-0.2, 0) is 10.4 Å². The minimum Gasteiger partial charge on any atom is -0.382 e. The lowest BCUT2D eigenvalue weighted by molar-refractivity contribution is 0.0567. The maximum Gasteiger partial charge on any atom is 0.178 e. The van der Waals surface area contributed by atoms with Crippen molar-refractivity contribution in [3.63, 3.8) is 0 Å². The quantitative estimate of drug-likeness (QED) is 0.897. The smallest absolute Gasteiger partial charge is 0.178 e. The van der Waals surface area contributed by atoms with Gasteiger partial charge in [0.25, 0.3) is 0 Å². The molecule has 0 saturated carbocycles. The molecule has 1 fully saturated rings. The summed E-state index contributed by atoms with van der Waals surface area (Å²) in [5.41, 5.74) is 8.74. The number of halogens is 1. The molecule has 1 atom stereocenters. The summed E-state index contributed by atoms with van der Waals surface area (Å²) in [5, 5.41) is 0. The number of aromatic nitrogens is 1. The highest BCUT2D eigenvalue weighted by molar-refractivity contribution is 6.41. The maximum atomic E-state index is 13.6. The van der Waals surface area contributed by atoms with E-state index < -0.39 is 5.66 Å². The average Bonchev–Trinajstić information content (AvgIpc) is 2.97. The largest absolute Gasteiger partial charge is 0.382 e. The number of amidine groups is 1. The number of rotatable bonds is 4. The highest BCUT2D eigenvalue weighted by Gasteiger charge is 2.39. The highest BCUT2D eigenvalue weighted by atomic mass is 19.1. The SMILES string of the molecule is CC1=NC(CC2CCOCC2)(c2cccc(-c3cncc(F)c3)c2)N=C1N. The van der Waals surface area contributed by atoms with Gasteiger partial charge in [-0.3, -0.25) is 9.98 Å². The Hall–Kier alpha value is -2.60. The molecule has 0 amide bonds. The fraction of sp³-hybridized carbons (Fsp3) is 0.381. The van der Waals surface area contributed by atoms with Gasteiger partial charge < -0.3 is 10.5 Å². The van der Waals surface area contributed by atoms with Gasteiger partial charge in [0, 0.05) is 37.0 Å². The Labute approximate surface area is 158 Å². The van der Waals surface area contributed by atoms with E-state index in [9.17, 15) is 4.39 Å². The molecule has 2 N–H and O–H groups in total. The molecule has 3 heterocycles. The van der Waals surface area contributed by atoms with Crippen LogP contribution >= 0.6 is 0 Å². The van der Waals surface area contributed by atoms with E-state index in [1.807, 2.05) is 31.2 Å². The Morgan fingerprint density at radius 1 is 1.15 bits per heavy atom. The summed E-state index contributed by atoms with van der Waals surface area (Å²) in [5.74, 6) is 0.608.